The first kappa shape index (κ1) is 9.21. The number of rotatable bonds is 1. The summed E-state index contributed by atoms with van der Waals surface area (Å²) in [5.74, 6) is -0.839. The molecular formula is C11H13NO2. The van der Waals surface area contributed by atoms with Crippen LogP contribution in [0, 0.1) is 6.92 Å². The smallest absolute Gasteiger partial charge is 0.336 e. The summed E-state index contributed by atoms with van der Waals surface area (Å²) in [6.45, 7) is 1.83. The van der Waals surface area contributed by atoms with Crippen molar-refractivity contribution in [3.05, 3.63) is 34.4 Å². The van der Waals surface area contributed by atoms with Crippen LogP contribution < -0.4 is 5.73 Å². The number of aryl methyl sites for hydroxylation is 1. The van der Waals surface area contributed by atoms with E-state index in [0.717, 1.165) is 29.5 Å². The number of fused-ring (bicyclic) bond motifs is 1. The number of carboxylic acid groups (broad SMARTS) is 1. The summed E-state index contributed by atoms with van der Waals surface area (Å²) in [7, 11) is 0. The monoisotopic (exact) mass is 191 g/mol. The molecule has 1 aliphatic rings. The summed E-state index contributed by atoms with van der Waals surface area (Å²) in [5.41, 5.74) is 9.09. The minimum Gasteiger partial charge on any atom is -0.478 e. The molecular weight excluding hydrogens is 178 g/mol. The molecule has 0 bridgehead atoms. The van der Waals surface area contributed by atoms with Crippen LogP contribution in [0.1, 0.15) is 39.5 Å². The van der Waals surface area contributed by atoms with Gasteiger partial charge in [-0.25, -0.2) is 4.79 Å². The van der Waals surface area contributed by atoms with Crippen LogP contribution in [0.4, 0.5) is 0 Å². The molecule has 0 radical (unpaired) electrons. The Morgan fingerprint density at radius 2 is 2.29 bits per heavy atom. The molecule has 2 rings (SSSR count). The molecule has 0 fully saturated rings. The number of aromatic carboxylic acids is 1. The topological polar surface area (TPSA) is 63.3 Å². The lowest BCUT2D eigenvalue weighted by Gasteiger charge is -2.09. The average molecular weight is 191 g/mol. The Morgan fingerprint density at radius 3 is 2.93 bits per heavy atom. The van der Waals surface area contributed by atoms with Gasteiger partial charge in [0, 0.05) is 6.04 Å². The Balaban J connectivity index is 2.65. The molecule has 0 heterocycles. The molecule has 0 saturated heterocycles. The van der Waals surface area contributed by atoms with Crippen molar-refractivity contribution in [2.24, 2.45) is 5.73 Å². The van der Waals surface area contributed by atoms with Gasteiger partial charge in [-0.1, -0.05) is 12.1 Å². The zero-order valence-electron chi connectivity index (χ0n) is 8.08. The molecule has 0 amide bonds. The van der Waals surface area contributed by atoms with Crippen LogP contribution in [-0.4, -0.2) is 11.1 Å². The summed E-state index contributed by atoms with van der Waals surface area (Å²) >= 11 is 0. The normalized spacial score (nSPS) is 19.4. The second kappa shape index (κ2) is 3.10. The Labute approximate surface area is 82.5 Å². The van der Waals surface area contributed by atoms with E-state index in [4.69, 9.17) is 10.8 Å². The molecule has 3 nitrogen and oxygen atoms in total. The highest BCUT2D eigenvalue weighted by Crippen LogP contribution is 2.33. The van der Waals surface area contributed by atoms with Crippen LogP contribution in [0.2, 0.25) is 0 Å². The molecule has 3 heteroatoms. The molecule has 0 aromatic heterocycles. The van der Waals surface area contributed by atoms with E-state index in [-0.39, 0.29) is 6.04 Å². The lowest BCUT2D eigenvalue weighted by molar-refractivity contribution is 0.0695. The molecule has 0 spiro atoms. The molecule has 1 aromatic carbocycles. The Bertz CT molecular complexity index is 399. The second-order valence-electron chi connectivity index (χ2n) is 3.78. The molecule has 3 N–H and O–H groups in total. The predicted molar refractivity (Wildman–Crippen MR) is 53.4 cm³/mol. The summed E-state index contributed by atoms with van der Waals surface area (Å²) in [5, 5.41) is 9.08. The fourth-order valence-corrected chi connectivity index (χ4v) is 2.15. The summed E-state index contributed by atoms with van der Waals surface area (Å²) < 4.78 is 0. The Morgan fingerprint density at radius 1 is 1.57 bits per heavy atom. The van der Waals surface area contributed by atoms with Gasteiger partial charge < -0.3 is 10.8 Å². The third kappa shape index (κ3) is 1.21. The summed E-state index contributed by atoms with van der Waals surface area (Å²) in [6, 6.07) is 3.81. The fourth-order valence-electron chi connectivity index (χ4n) is 2.15. The van der Waals surface area contributed by atoms with E-state index in [1.807, 2.05) is 19.1 Å². The fraction of sp³-hybridized carbons (Fsp3) is 0.364. The number of hydrogen-bond donors (Lipinski definition) is 2. The molecule has 1 aliphatic carbocycles. The van der Waals surface area contributed by atoms with Crippen LogP contribution in [0.25, 0.3) is 0 Å². The van der Waals surface area contributed by atoms with Crippen molar-refractivity contribution in [1.82, 2.24) is 0 Å². The zero-order valence-corrected chi connectivity index (χ0v) is 8.08. The van der Waals surface area contributed by atoms with E-state index >= 15 is 0 Å². The lowest BCUT2D eigenvalue weighted by Crippen LogP contribution is -2.08. The molecule has 1 atom stereocenters. The van der Waals surface area contributed by atoms with Crippen molar-refractivity contribution in [2.45, 2.75) is 25.8 Å². The van der Waals surface area contributed by atoms with Gasteiger partial charge in [-0.15, -0.1) is 0 Å². The molecule has 0 unspecified atom stereocenters. The molecule has 0 aliphatic heterocycles. The van der Waals surface area contributed by atoms with E-state index in [0.29, 0.717) is 5.56 Å². The number of benzene rings is 1. The van der Waals surface area contributed by atoms with Gasteiger partial charge in [-0.3, -0.25) is 0 Å². The maximum Gasteiger partial charge on any atom is 0.336 e. The first-order chi connectivity index (χ1) is 6.61. The van der Waals surface area contributed by atoms with Crippen molar-refractivity contribution >= 4 is 5.97 Å². The number of hydrogen-bond acceptors (Lipinski definition) is 2. The third-order valence-electron chi connectivity index (χ3n) is 2.88. The van der Waals surface area contributed by atoms with E-state index in [2.05, 4.69) is 0 Å². The number of carbonyl (C=O) groups is 1. The van der Waals surface area contributed by atoms with Gasteiger partial charge in [0.2, 0.25) is 0 Å². The van der Waals surface area contributed by atoms with Gasteiger partial charge in [0.15, 0.2) is 0 Å². The quantitative estimate of drug-likeness (QED) is 0.709. The summed E-state index contributed by atoms with van der Waals surface area (Å²) in [4.78, 5) is 11.0. The standard InChI is InChI=1S/C11H13NO2/c1-6-2-3-7-8(4-5-9(7)12)10(6)11(13)14/h2-3,9H,4-5,12H2,1H3,(H,13,14)/t9-/m1/s1. The van der Waals surface area contributed by atoms with E-state index in [1.165, 1.54) is 0 Å². The Hall–Kier alpha value is -1.35. The van der Waals surface area contributed by atoms with Crippen LogP contribution in [0.5, 0.6) is 0 Å². The van der Waals surface area contributed by atoms with Gasteiger partial charge in [0.1, 0.15) is 0 Å². The summed E-state index contributed by atoms with van der Waals surface area (Å²) in [6.07, 6.45) is 1.65. The van der Waals surface area contributed by atoms with E-state index in [9.17, 15) is 4.79 Å². The highest BCUT2D eigenvalue weighted by Gasteiger charge is 2.25. The first-order valence-corrected chi connectivity index (χ1v) is 4.72. The maximum absolute atomic E-state index is 11.0. The van der Waals surface area contributed by atoms with Gasteiger partial charge in [0.05, 0.1) is 5.56 Å². The van der Waals surface area contributed by atoms with Gasteiger partial charge in [-0.05, 0) is 36.5 Å². The highest BCUT2D eigenvalue weighted by atomic mass is 16.4. The number of carboxylic acids is 1. The van der Waals surface area contributed by atoms with Crippen LogP contribution in [0.15, 0.2) is 12.1 Å². The minimum absolute atomic E-state index is 0.0173. The number of nitrogens with two attached hydrogens (primary N) is 1. The van der Waals surface area contributed by atoms with Crippen molar-refractivity contribution < 1.29 is 9.90 Å². The SMILES string of the molecule is Cc1ccc2c(c1C(=O)O)CC[C@H]2N. The van der Waals surface area contributed by atoms with Crippen LogP contribution >= 0.6 is 0 Å². The van der Waals surface area contributed by atoms with Crippen molar-refractivity contribution in [3.63, 3.8) is 0 Å². The first-order valence-electron chi connectivity index (χ1n) is 4.72. The molecule has 14 heavy (non-hydrogen) atoms. The van der Waals surface area contributed by atoms with Crippen LogP contribution in [0.3, 0.4) is 0 Å². The van der Waals surface area contributed by atoms with Crippen molar-refractivity contribution in [2.75, 3.05) is 0 Å². The maximum atomic E-state index is 11.0. The van der Waals surface area contributed by atoms with Crippen LogP contribution in [-0.2, 0) is 6.42 Å². The molecule has 1 aromatic rings. The van der Waals surface area contributed by atoms with Crippen molar-refractivity contribution in [1.29, 1.82) is 0 Å². The largest absolute Gasteiger partial charge is 0.478 e. The Kier molecular flexibility index (Phi) is 2.04. The molecule has 74 valence electrons. The van der Waals surface area contributed by atoms with Gasteiger partial charge >= 0.3 is 5.97 Å². The second-order valence-corrected chi connectivity index (χ2v) is 3.78. The predicted octanol–water partition coefficient (Wildman–Crippen LogP) is 1.64. The minimum atomic E-state index is -0.839. The van der Waals surface area contributed by atoms with E-state index in [1.54, 1.807) is 0 Å². The van der Waals surface area contributed by atoms with Gasteiger partial charge in [-0.2, -0.15) is 0 Å². The van der Waals surface area contributed by atoms with Gasteiger partial charge in [0.25, 0.3) is 0 Å². The van der Waals surface area contributed by atoms with Crippen molar-refractivity contribution in [3.8, 4) is 0 Å². The average Bonchev–Trinajstić information content (AvgIpc) is 2.47. The zero-order chi connectivity index (χ0) is 10.3. The van der Waals surface area contributed by atoms with E-state index < -0.39 is 5.97 Å². The highest BCUT2D eigenvalue weighted by molar-refractivity contribution is 5.91. The third-order valence-corrected chi connectivity index (χ3v) is 2.88. The molecule has 0 saturated carbocycles. The lowest BCUT2D eigenvalue weighted by atomic mass is 9.98.